The number of esters is 1. The van der Waals surface area contributed by atoms with E-state index < -0.39 is 0 Å². The number of carbonyl (C=O) groups excluding carboxylic acids is 1. The third-order valence-corrected chi connectivity index (χ3v) is 6.84. The standard InChI is InChI=1S/C34H44N2O2/c1-3-5-7-8-9-10-11-13-15-29-18-22-31(23-19-29)35-36-32-24-26-33(27-25-32)38-34(37)30-20-16-28(17-21-30)14-12-6-4-2/h16-27H,3-15H2,1-2H3. The number of hydrogen-bond acceptors (Lipinski definition) is 4. The average molecular weight is 513 g/mol. The molecule has 0 aromatic heterocycles. The van der Waals surface area contributed by atoms with Gasteiger partial charge in [0.15, 0.2) is 0 Å². The first-order chi connectivity index (χ1) is 18.7. The predicted molar refractivity (Wildman–Crippen MR) is 158 cm³/mol. The van der Waals surface area contributed by atoms with E-state index in [1.54, 1.807) is 24.3 Å². The molecule has 0 spiro atoms. The molecule has 0 unspecified atom stereocenters. The molecule has 38 heavy (non-hydrogen) atoms. The molecule has 3 rings (SSSR count). The lowest BCUT2D eigenvalue weighted by Gasteiger charge is -2.06. The third-order valence-electron chi connectivity index (χ3n) is 6.84. The van der Waals surface area contributed by atoms with Gasteiger partial charge in [-0.1, -0.05) is 95.9 Å². The van der Waals surface area contributed by atoms with E-state index in [4.69, 9.17) is 4.74 Å². The van der Waals surface area contributed by atoms with E-state index in [9.17, 15) is 4.79 Å². The van der Waals surface area contributed by atoms with Crippen molar-refractivity contribution >= 4 is 17.3 Å². The summed E-state index contributed by atoms with van der Waals surface area (Å²) in [5.41, 5.74) is 4.71. The molecule has 3 aromatic rings. The topological polar surface area (TPSA) is 51.0 Å². The number of rotatable bonds is 17. The molecule has 4 heteroatoms. The monoisotopic (exact) mass is 512 g/mol. The molecule has 0 aliphatic rings. The van der Waals surface area contributed by atoms with Gasteiger partial charge in [0.1, 0.15) is 5.75 Å². The van der Waals surface area contributed by atoms with E-state index >= 15 is 0 Å². The van der Waals surface area contributed by atoms with Crippen LogP contribution in [0.1, 0.15) is 106 Å². The number of aryl methyl sites for hydroxylation is 2. The second-order valence-corrected chi connectivity index (χ2v) is 10.1. The molecular weight excluding hydrogens is 468 g/mol. The normalized spacial score (nSPS) is 11.2. The van der Waals surface area contributed by atoms with Crippen LogP contribution in [0.2, 0.25) is 0 Å². The maximum Gasteiger partial charge on any atom is 0.343 e. The Bertz CT molecular complexity index is 1090. The lowest BCUT2D eigenvalue weighted by atomic mass is 10.0. The van der Waals surface area contributed by atoms with Crippen LogP contribution >= 0.6 is 0 Å². The van der Waals surface area contributed by atoms with Crippen LogP contribution in [0.25, 0.3) is 0 Å². The molecule has 0 saturated carbocycles. The Morgan fingerprint density at radius 3 is 1.53 bits per heavy atom. The molecule has 0 heterocycles. The maximum absolute atomic E-state index is 12.5. The van der Waals surface area contributed by atoms with Gasteiger partial charge in [-0.25, -0.2) is 4.79 Å². The molecule has 0 N–H and O–H groups in total. The van der Waals surface area contributed by atoms with E-state index in [1.165, 1.54) is 81.8 Å². The molecule has 0 aliphatic carbocycles. The first-order valence-electron chi connectivity index (χ1n) is 14.6. The molecule has 0 atom stereocenters. The van der Waals surface area contributed by atoms with Crippen molar-refractivity contribution < 1.29 is 9.53 Å². The highest BCUT2D eigenvalue weighted by atomic mass is 16.5. The fourth-order valence-electron chi connectivity index (χ4n) is 4.44. The fourth-order valence-corrected chi connectivity index (χ4v) is 4.44. The first-order valence-corrected chi connectivity index (χ1v) is 14.6. The Balaban J connectivity index is 1.40. The summed E-state index contributed by atoms with van der Waals surface area (Å²) in [5, 5.41) is 8.68. The molecule has 0 radical (unpaired) electrons. The van der Waals surface area contributed by atoms with Gasteiger partial charge < -0.3 is 4.74 Å². The van der Waals surface area contributed by atoms with Gasteiger partial charge in [0.2, 0.25) is 0 Å². The summed E-state index contributed by atoms with van der Waals surface area (Å²) in [6.07, 6.45) is 16.5. The summed E-state index contributed by atoms with van der Waals surface area (Å²) in [6, 6.07) is 23.2. The number of carbonyl (C=O) groups is 1. The fraction of sp³-hybridized carbons (Fsp3) is 0.441. The van der Waals surface area contributed by atoms with Crippen LogP contribution in [0, 0.1) is 0 Å². The van der Waals surface area contributed by atoms with E-state index in [2.05, 4.69) is 36.2 Å². The predicted octanol–water partition coefficient (Wildman–Crippen LogP) is 10.7. The van der Waals surface area contributed by atoms with Gasteiger partial charge in [-0.05, 0) is 85.3 Å². The molecule has 0 aliphatic heterocycles. The Kier molecular flexibility index (Phi) is 13.3. The quantitative estimate of drug-likeness (QED) is 0.0781. The minimum Gasteiger partial charge on any atom is -0.423 e. The molecule has 3 aromatic carbocycles. The molecular formula is C34H44N2O2. The van der Waals surface area contributed by atoms with Gasteiger partial charge >= 0.3 is 5.97 Å². The van der Waals surface area contributed by atoms with E-state index in [1.807, 2.05) is 36.4 Å². The minimum absolute atomic E-state index is 0.355. The van der Waals surface area contributed by atoms with Gasteiger partial charge in [0, 0.05) is 0 Å². The number of hydrogen-bond donors (Lipinski definition) is 0. The van der Waals surface area contributed by atoms with Gasteiger partial charge in [-0.15, -0.1) is 0 Å². The minimum atomic E-state index is -0.355. The summed E-state index contributed by atoms with van der Waals surface area (Å²) < 4.78 is 5.53. The highest BCUT2D eigenvalue weighted by Crippen LogP contribution is 2.23. The van der Waals surface area contributed by atoms with Gasteiger partial charge in [0.05, 0.1) is 16.9 Å². The summed E-state index contributed by atoms with van der Waals surface area (Å²) in [6.45, 7) is 4.46. The smallest absolute Gasteiger partial charge is 0.343 e. The summed E-state index contributed by atoms with van der Waals surface area (Å²) in [7, 11) is 0. The van der Waals surface area contributed by atoms with E-state index in [0.717, 1.165) is 18.5 Å². The number of unbranched alkanes of at least 4 members (excludes halogenated alkanes) is 9. The third kappa shape index (κ3) is 11.0. The molecule has 0 amide bonds. The van der Waals surface area contributed by atoms with Crippen molar-refractivity contribution in [1.29, 1.82) is 0 Å². The second kappa shape index (κ2) is 17.3. The van der Waals surface area contributed by atoms with Crippen molar-refractivity contribution in [2.24, 2.45) is 10.2 Å². The zero-order chi connectivity index (χ0) is 26.8. The average Bonchev–Trinajstić information content (AvgIpc) is 2.95. The summed E-state index contributed by atoms with van der Waals surface area (Å²) >= 11 is 0. The summed E-state index contributed by atoms with van der Waals surface area (Å²) in [4.78, 5) is 12.5. The number of benzene rings is 3. The van der Waals surface area contributed by atoms with Crippen LogP contribution < -0.4 is 4.74 Å². The molecule has 4 nitrogen and oxygen atoms in total. The van der Waals surface area contributed by atoms with Crippen LogP contribution in [0.3, 0.4) is 0 Å². The SMILES string of the molecule is CCCCCCCCCCc1ccc(N=Nc2ccc(OC(=O)c3ccc(CCCCC)cc3)cc2)cc1. The van der Waals surface area contributed by atoms with Crippen LogP contribution in [-0.4, -0.2) is 5.97 Å². The highest BCUT2D eigenvalue weighted by Gasteiger charge is 2.09. The summed E-state index contributed by atoms with van der Waals surface area (Å²) in [5.74, 6) is 0.137. The molecule has 202 valence electrons. The maximum atomic E-state index is 12.5. The Hall–Kier alpha value is -3.27. The van der Waals surface area contributed by atoms with E-state index in [0.29, 0.717) is 17.0 Å². The first kappa shape index (κ1) is 29.3. The zero-order valence-electron chi connectivity index (χ0n) is 23.3. The van der Waals surface area contributed by atoms with Crippen LogP contribution in [0.4, 0.5) is 11.4 Å². The van der Waals surface area contributed by atoms with Crippen LogP contribution in [-0.2, 0) is 12.8 Å². The number of azo groups is 1. The van der Waals surface area contributed by atoms with Crippen molar-refractivity contribution in [2.75, 3.05) is 0 Å². The van der Waals surface area contributed by atoms with Gasteiger partial charge in [-0.2, -0.15) is 10.2 Å². The van der Waals surface area contributed by atoms with Crippen molar-refractivity contribution in [1.82, 2.24) is 0 Å². The highest BCUT2D eigenvalue weighted by molar-refractivity contribution is 5.91. The Labute approximate surface area is 229 Å². The van der Waals surface area contributed by atoms with E-state index in [-0.39, 0.29) is 5.97 Å². The van der Waals surface area contributed by atoms with Crippen molar-refractivity contribution in [3.05, 3.63) is 89.5 Å². The van der Waals surface area contributed by atoms with Crippen molar-refractivity contribution in [3.63, 3.8) is 0 Å². The van der Waals surface area contributed by atoms with Crippen LogP contribution in [0.15, 0.2) is 83.0 Å². The molecule has 0 saturated heterocycles. The van der Waals surface area contributed by atoms with Gasteiger partial charge in [-0.3, -0.25) is 0 Å². The second-order valence-electron chi connectivity index (χ2n) is 10.1. The number of ether oxygens (including phenoxy) is 1. The zero-order valence-corrected chi connectivity index (χ0v) is 23.3. The van der Waals surface area contributed by atoms with Crippen molar-refractivity contribution in [3.8, 4) is 5.75 Å². The Morgan fingerprint density at radius 2 is 0.974 bits per heavy atom. The van der Waals surface area contributed by atoms with Crippen LogP contribution in [0.5, 0.6) is 5.75 Å². The molecule has 0 bridgehead atoms. The molecule has 0 fully saturated rings. The largest absolute Gasteiger partial charge is 0.423 e. The Morgan fingerprint density at radius 1 is 0.553 bits per heavy atom. The lowest BCUT2D eigenvalue weighted by molar-refractivity contribution is 0.0734. The number of nitrogens with zero attached hydrogens (tertiary/aromatic N) is 2. The van der Waals surface area contributed by atoms with Crippen molar-refractivity contribution in [2.45, 2.75) is 97.3 Å². The lowest BCUT2D eigenvalue weighted by Crippen LogP contribution is -2.08. The van der Waals surface area contributed by atoms with Gasteiger partial charge in [0.25, 0.3) is 0 Å².